The summed E-state index contributed by atoms with van der Waals surface area (Å²) in [5.74, 6) is -0.893. The Morgan fingerprint density at radius 2 is 2.19 bits per heavy atom. The molecule has 1 aromatic rings. The lowest BCUT2D eigenvalue weighted by molar-refractivity contribution is -0.127. The first-order valence-corrected chi connectivity index (χ1v) is 6.67. The van der Waals surface area contributed by atoms with Crippen LogP contribution in [0.25, 0.3) is 0 Å². The highest BCUT2D eigenvalue weighted by Gasteiger charge is 2.33. The standard InChI is InChI=1S/C14H16F2N2O3/c1-2-10-12(19)17-7-8-18(10)13(20)9-5-3-4-6-11(9)21-14(15)16/h3-6,10,14H,2,7-8H2,1H3,(H,17,19). The van der Waals surface area contributed by atoms with Crippen molar-refractivity contribution >= 4 is 11.8 Å². The lowest BCUT2D eigenvalue weighted by Gasteiger charge is -2.34. The third kappa shape index (κ3) is 3.29. The number of nitrogens with zero attached hydrogens (tertiary/aromatic N) is 1. The van der Waals surface area contributed by atoms with E-state index in [9.17, 15) is 18.4 Å². The number of piperazine rings is 1. The van der Waals surface area contributed by atoms with Crippen molar-refractivity contribution in [3.05, 3.63) is 29.8 Å². The molecule has 114 valence electrons. The van der Waals surface area contributed by atoms with Crippen molar-refractivity contribution in [2.45, 2.75) is 26.0 Å². The fourth-order valence-corrected chi connectivity index (χ4v) is 2.36. The Labute approximate surface area is 120 Å². The second kappa shape index (κ2) is 6.51. The molecule has 2 rings (SSSR count). The van der Waals surface area contributed by atoms with E-state index in [1.165, 1.54) is 23.1 Å². The first-order chi connectivity index (χ1) is 10.0. The van der Waals surface area contributed by atoms with Gasteiger partial charge < -0.3 is 15.0 Å². The molecular weight excluding hydrogens is 282 g/mol. The predicted octanol–water partition coefficient (Wildman–Crippen LogP) is 1.64. The second-order valence-corrected chi connectivity index (χ2v) is 4.59. The number of benzene rings is 1. The fraction of sp³-hybridized carbons (Fsp3) is 0.429. The number of ether oxygens (including phenoxy) is 1. The van der Waals surface area contributed by atoms with Gasteiger partial charge in [-0.2, -0.15) is 8.78 Å². The topological polar surface area (TPSA) is 58.6 Å². The molecule has 1 saturated heterocycles. The average molecular weight is 298 g/mol. The van der Waals surface area contributed by atoms with Crippen LogP contribution < -0.4 is 10.1 Å². The number of carbonyl (C=O) groups excluding carboxylic acids is 2. The summed E-state index contributed by atoms with van der Waals surface area (Å²) in [7, 11) is 0. The average Bonchev–Trinajstić information content (AvgIpc) is 2.46. The summed E-state index contributed by atoms with van der Waals surface area (Å²) < 4.78 is 29.2. The first-order valence-electron chi connectivity index (χ1n) is 6.67. The summed E-state index contributed by atoms with van der Waals surface area (Å²) in [6, 6.07) is 5.21. The molecule has 0 bridgehead atoms. The molecule has 1 heterocycles. The minimum atomic E-state index is -3.01. The van der Waals surface area contributed by atoms with E-state index in [2.05, 4.69) is 10.1 Å². The van der Waals surface area contributed by atoms with Crippen molar-refractivity contribution in [3.8, 4) is 5.75 Å². The zero-order chi connectivity index (χ0) is 15.4. The van der Waals surface area contributed by atoms with Crippen molar-refractivity contribution in [2.75, 3.05) is 13.1 Å². The van der Waals surface area contributed by atoms with E-state index in [4.69, 9.17) is 0 Å². The van der Waals surface area contributed by atoms with Crippen LogP contribution in [0.3, 0.4) is 0 Å². The lowest BCUT2D eigenvalue weighted by atomic mass is 10.1. The van der Waals surface area contributed by atoms with Gasteiger partial charge in [0.2, 0.25) is 5.91 Å². The molecule has 1 aliphatic heterocycles. The van der Waals surface area contributed by atoms with Gasteiger partial charge in [-0.3, -0.25) is 9.59 Å². The first kappa shape index (κ1) is 15.2. The summed E-state index contributed by atoms with van der Waals surface area (Å²) in [5.41, 5.74) is 0.0333. The molecule has 5 nitrogen and oxygen atoms in total. The van der Waals surface area contributed by atoms with Crippen LogP contribution in [0.5, 0.6) is 5.75 Å². The monoisotopic (exact) mass is 298 g/mol. The van der Waals surface area contributed by atoms with Gasteiger partial charge in [-0.15, -0.1) is 0 Å². The summed E-state index contributed by atoms with van der Waals surface area (Å²) in [6.07, 6.45) is 0.454. The lowest BCUT2D eigenvalue weighted by Crippen LogP contribution is -2.56. The van der Waals surface area contributed by atoms with E-state index in [1.54, 1.807) is 13.0 Å². The predicted molar refractivity (Wildman–Crippen MR) is 71.2 cm³/mol. The SMILES string of the molecule is CCC1C(=O)NCCN1C(=O)c1ccccc1OC(F)F. The van der Waals surface area contributed by atoms with Crippen molar-refractivity contribution in [2.24, 2.45) is 0 Å². The zero-order valence-corrected chi connectivity index (χ0v) is 11.5. The number of amides is 2. The highest BCUT2D eigenvalue weighted by atomic mass is 19.3. The van der Waals surface area contributed by atoms with Crippen LogP contribution in [-0.4, -0.2) is 42.5 Å². The minimum Gasteiger partial charge on any atom is -0.434 e. The number of hydrogen-bond donors (Lipinski definition) is 1. The third-order valence-corrected chi connectivity index (χ3v) is 3.31. The maximum atomic E-state index is 12.5. The molecule has 1 fully saturated rings. The Kier molecular flexibility index (Phi) is 4.72. The fourth-order valence-electron chi connectivity index (χ4n) is 2.36. The smallest absolute Gasteiger partial charge is 0.387 e. The van der Waals surface area contributed by atoms with Crippen LogP contribution in [0, 0.1) is 0 Å². The van der Waals surface area contributed by atoms with Crippen LogP contribution >= 0.6 is 0 Å². The molecule has 1 aliphatic rings. The Morgan fingerprint density at radius 1 is 1.48 bits per heavy atom. The van der Waals surface area contributed by atoms with Gasteiger partial charge in [0.15, 0.2) is 0 Å². The molecule has 0 aromatic heterocycles. The summed E-state index contributed by atoms with van der Waals surface area (Å²) >= 11 is 0. The Morgan fingerprint density at radius 3 is 2.86 bits per heavy atom. The minimum absolute atomic E-state index is 0.0333. The van der Waals surface area contributed by atoms with Crippen molar-refractivity contribution in [3.63, 3.8) is 0 Å². The molecular formula is C14H16F2N2O3. The van der Waals surface area contributed by atoms with Crippen molar-refractivity contribution in [1.82, 2.24) is 10.2 Å². The number of hydrogen-bond acceptors (Lipinski definition) is 3. The van der Waals surface area contributed by atoms with E-state index in [1.807, 2.05) is 0 Å². The molecule has 2 amide bonds. The van der Waals surface area contributed by atoms with Crippen LogP contribution in [0.15, 0.2) is 24.3 Å². The van der Waals surface area contributed by atoms with E-state index < -0.39 is 18.6 Å². The Balaban J connectivity index is 2.28. The van der Waals surface area contributed by atoms with E-state index in [0.717, 1.165) is 0 Å². The highest BCUT2D eigenvalue weighted by Crippen LogP contribution is 2.23. The van der Waals surface area contributed by atoms with Gasteiger partial charge >= 0.3 is 6.61 Å². The van der Waals surface area contributed by atoms with Gasteiger partial charge in [-0.25, -0.2) is 0 Å². The van der Waals surface area contributed by atoms with Crippen molar-refractivity contribution < 1.29 is 23.1 Å². The van der Waals surface area contributed by atoms with Crippen LogP contribution in [0.1, 0.15) is 23.7 Å². The van der Waals surface area contributed by atoms with E-state index in [0.29, 0.717) is 19.5 Å². The molecule has 0 radical (unpaired) electrons. The molecule has 0 spiro atoms. The van der Waals surface area contributed by atoms with Crippen LogP contribution in [0.2, 0.25) is 0 Å². The second-order valence-electron chi connectivity index (χ2n) is 4.59. The van der Waals surface area contributed by atoms with Gasteiger partial charge in [0.25, 0.3) is 5.91 Å². The molecule has 1 N–H and O–H groups in total. The Bertz CT molecular complexity index is 537. The molecule has 1 atom stereocenters. The summed E-state index contributed by atoms with van der Waals surface area (Å²) in [4.78, 5) is 25.7. The highest BCUT2D eigenvalue weighted by molar-refractivity contribution is 6.00. The van der Waals surface area contributed by atoms with Crippen LogP contribution in [0.4, 0.5) is 8.78 Å². The molecule has 0 saturated carbocycles. The quantitative estimate of drug-likeness (QED) is 0.919. The maximum Gasteiger partial charge on any atom is 0.387 e. The normalized spacial score (nSPS) is 18.6. The summed E-state index contributed by atoms with van der Waals surface area (Å²) in [6.45, 7) is -0.534. The maximum absolute atomic E-state index is 12.5. The van der Waals surface area contributed by atoms with Crippen LogP contribution in [-0.2, 0) is 4.79 Å². The number of rotatable bonds is 4. The van der Waals surface area contributed by atoms with Gasteiger partial charge in [0.05, 0.1) is 5.56 Å². The van der Waals surface area contributed by atoms with E-state index >= 15 is 0 Å². The van der Waals surface area contributed by atoms with Gasteiger partial charge in [-0.1, -0.05) is 19.1 Å². The molecule has 1 aromatic carbocycles. The van der Waals surface area contributed by atoms with E-state index in [-0.39, 0.29) is 17.2 Å². The van der Waals surface area contributed by atoms with Gasteiger partial charge in [-0.05, 0) is 18.6 Å². The number of nitrogens with one attached hydrogen (secondary N) is 1. The molecule has 7 heteroatoms. The summed E-state index contributed by atoms with van der Waals surface area (Å²) in [5, 5.41) is 2.68. The zero-order valence-electron chi connectivity index (χ0n) is 11.5. The molecule has 0 aliphatic carbocycles. The molecule has 21 heavy (non-hydrogen) atoms. The number of alkyl halides is 2. The van der Waals surface area contributed by atoms with Gasteiger partial charge in [0, 0.05) is 13.1 Å². The van der Waals surface area contributed by atoms with Gasteiger partial charge in [0.1, 0.15) is 11.8 Å². The number of para-hydroxylation sites is 1. The Hall–Kier alpha value is -2.18. The molecule has 1 unspecified atom stereocenters. The van der Waals surface area contributed by atoms with Crippen molar-refractivity contribution in [1.29, 1.82) is 0 Å². The number of carbonyl (C=O) groups is 2. The third-order valence-electron chi connectivity index (χ3n) is 3.31. The number of halogens is 2. The largest absolute Gasteiger partial charge is 0.434 e.